The molecule has 0 unspecified atom stereocenters. The quantitative estimate of drug-likeness (QED) is 0.500. The van der Waals surface area contributed by atoms with Crippen LogP contribution in [0, 0.1) is 0 Å². The van der Waals surface area contributed by atoms with Gasteiger partial charge in [0.25, 0.3) is 0 Å². The zero-order valence-corrected chi connectivity index (χ0v) is 13.7. The van der Waals surface area contributed by atoms with Gasteiger partial charge in [-0.2, -0.15) is 0 Å². The van der Waals surface area contributed by atoms with E-state index in [0.717, 1.165) is 8.64 Å². The zero-order chi connectivity index (χ0) is 13.3. The van der Waals surface area contributed by atoms with Crippen LogP contribution in [0.25, 0.3) is 0 Å². The summed E-state index contributed by atoms with van der Waals surface area (Å²) < 4.78 is 1.67. The predicted octanol–water partition coefficient (Wildman–Crippen LogP) is 2.66. The van der Waals surface area contributed by atoms with E-state index in [-0.39, 0.29) is 5.78 Å². The second kappa shape index (κ2) is 10.3. The minimum absolute atomic E-state index is 0.167. The molecule has 0 rings (SSSR count). The molecule has 0 aromatic rings. The maximum atomic E-state index is 9.44. The summed E-state index contributed by atoms with van der Waals surface area (Å²) in [6.07, 6.45) is 0. The molecule has 0 aliphatic rings. The van der Waals surface area contributed by atoms with E-state index in [0.29, 0.717) is 0 Å². The minimum atomic E-state index is 0.167. The van der Waals surface area contributed by atoms with E-state index < -0.39 is 0 Å². The van der Waals surface area contributed by atoms with Crippen LogP contribution < -0.4 is 0 Å². The standard InChI is InChI=1S/C6H12N2S4.C3H6O/c1-7(2)5(9)11-12-6(10)8(3)4;1-3(2)4/h1-4H3;1-2H3. The molecule has 0 bridgehead atoms. The van der Waals surface area contributed by atoms with Gasteiger partial charge in [0, 0.05) is 28.2 Å². The Hall–Kier alpha value is 0.150. The number of nitrogens with zero attached hydrogens (tertiary/aromatic N) is 2. The van der Waals surface area contributed by atoms with Crippen molar-refractivity contribution in [3.8, 4) is 0 Å². The largest absolute Gasteiger partial charge is 0.363 e. The lowest BCUT2D eigenvalue weighted by Crippen LogP contribution is -2.18. The van der Waals surface area contributed by atoms with E-state index in [9.17, 15) is 4.79 Å². The van der Waals surface area contributed by atoms with E-state index in [2.05, 4.69) is 0 Å². The van der Waals surface area contributed by atoms with Gasteiger partial charge in [0.2, 0.25) is 0 Å². The summed E-state index contributed by atoms with van der Waals surface area (Å²) in [7, 11) is 10.7. The molecule has 0 fully saturated rings. The SMILES string of the molecule is CC(C)=O.CN(C)C(=S)SSC(=S)N(C)C. The van der Waals surface area contributed by atoms with Crippen molar-refractivity contribution in [1.82, 2.24) is 9.80 Å². The normalized spacial score (nSPS) is 8.62. The summed E-state index contributed by atoms with van der Waals surface area (Å²) >= 11 is 10.1. The van der Waals surface area contributed by atoms with Crippen molar-refractivity contribution in [2.45, 2.75) is 13.8 Å². The summed E-state index contributed by atoms with van der Waals surface area (Å²) in [6.45, 7) is 3.06. The van der Waals surface area contributed by atoms with Crippen LogP contribution in [-0.2, 0) is 4.79 Å². The van der Waals surface area contributed by atoms with Crippen molar-refractivity contribution in [3.63, 3.8) is 0 Å². The molecule has 0 radical (unpaired) electrons. The molecule has 7 heteroatoms. The molecule has 3 nitrogen and oxygen atoms in total. The fraction of sp³-hybridized carbons (Fsp3) is 0.667. The lowest BCUT2D eigenvalue weighted by Gasteiger charge is -2.15. The fourth-order valence-electron chi connectivity index (χ4n) is 0.220. The van der Waals surface area contributed by atoms with Crippen molar-refractivity contribution in [1.29, 1.82) is 0 Å². The minimum Gasteiger partial charge on any atom is -0.363 e. The van der Waals surface area contributed by atoms with Crippen LogP contribution in [0.1, 0.15) is 13.8 Å². The summed E-state index contributed by atoms with van der Waals surface area (Å²) in [4.78, 5) is 13.2. The Morgan fingerprint density at radius 1 is 0.875 bits per heavy atom. The molecule has 0 spiro atoms. The van der Waals surface area contributed by atoms with Gasteiger partial charge in [-0.05, 0) is 35.4 Å². The Kier molecular flexibility index (Phi) is 11.9. The average Bonchev–Trinajstić information content (AvgIpc) is 2.12. The second-order valence-electron chi connectivity index (χ2n) is 3.40. The van der Waals surface area contributed by atoms with Gasteiger partial charge < -0.3 is 14.6 Å². The molecule has 0 N–H and O–H groups in total. The molecule has 0 aliphatic carbocycles. The number of thiocarbonyl (C=S) groups is 2. The van der Waals surface area contributed by atoms with E-state index in [1.54, 1.807) is 0 Å². The summed E-state index contributed by atoms with van der Waals surface area (Å²) in [6, 6.07) is 0. The average molecular weight is 299 g/mol. The number of carbonyl (C=O) groups excluding carboxylic acids is 1. The van der Waals surface area contributed by atoms with Gasteiger partial charge in [-0.25, -0.2) is 0 Å². The molecule has 0 saturated heterocycles. The van der Waals surface area contributed by atoms with Gasteiger partial charge in [0.05, 0.1) is 0 Å². The molecule has 0 heterocycles. The maximum Gasteiger partial charge on any atom is 0.146 e. The highest BCUT2D eigenvalue weighted by molar-refractivity contribution is 8.89. The number of hydrogen-bond acceptors (Lipinski definition) is 5. The molecule has 16 heavy (non-hydrogen) atoms. The number of hydrogen-bond donors (Lipinski definition) is 0. The van der Waals surface area contributed by atoms with Gasteiger partial charge in [-0.1, -0.05) is 24.4 Å². The Morgan fingerprint density at radius 3 is 1.19 bits per heavy atom. The van der Waals surface area contributed by atoms with Crippen LogP contribution in [0.5, 0.6) is 0 Å². The topological polar surface area (TPSA) is 23.6 Å². The Morgan fingerprint density at radius 2 is 1.06 bits per heavy atom. The highest BCUT2D eigenvalue weighted by Crippen LogP contribution is 2.26. The Bertz CT molecular complexity index is 230. The first-order valence-corrected chi connectivity index (χ1v) is 7.39. The lowest BCUT2D eigenvalue weighted by molar-refractivity contribution is -0.114. The van der Waals surface area contributed by atoms with Crippen LogP contribution in [-0.4, -0.2) is 52.4 Å². The van der Waals surface area contributed by atoms with Gasteiger partial charge in [-0.3, -0.25) is 0 Å². The molecular formula is C9H18N2OS4. The molecule has 94 valence electrons. The number of carbonyl (C=O) groups is 1. The van der Waals surface area contributed by atoms with Crippen molar-refractivity contribution in [2.75, 3.05) is 28.2 Å². The van der Waals surface area contributed by atoms with E-state index in [1.165, 1.54) is 35.4 Å². The van der Waals surface area contributed by atoms with E-state index >= 15 is 0 Å². The predicted molar refractivity (Wildman–Crippen MR) is 84.1 cm³/mol. The van der Waals surface area contributed by atoms with Crippen molar-refractivity contribution in [2.24, 2.45) is 0 Å². The monoisotopic (exact) mass is 298 g/mol. The third-order valence-electron chi connectivity index (χ3n) is 0.915. The summed E-state index contributed by atoms with van der Waals surface area (Å²) in [5.74, 6) is 0.167. The smallest absolute Gasteiger partial charge is 0.146 e. The zero-order valence-electron chi connectivity index (χ0n) is 10.4. The van der Waals surface area contributed by atoms with Crippen molar-refractivity contribution in [3.05, 3.63) is 0 Å². The van der Waals surface area contributed by atoms with Crippen LogP contribution >= 0.6 is 46.0 Å². The first kappa shape index (κ1) is 18.5. The lowest BCUT2D eigenvalue weighted by atomic mass is 10.6. The summed E-state index contributed by atoms with van der Waals surface area (Å²) in [5.41, 5.74) is 0. The molecule has 0 aromatic carbocycles. The first-order valence-electron chi connectivity index (χ1n) is 4.42. The highest BCUT2D eigenvalue weighted by atomic mass is 33.1. The van der Waals surface area contributed by atoms with Gasteiger partial charge >= 0.3 is 0 Å². The van der Waals surface area contributed by atoms with Crippen LogP contribution in [0.3, 0.4) is 0 Å². The number of ketones is 1. The second-order valence-corrected chi connectivity index (χ2v) is 6.79. The Labute approximate surface area is 117 Å². The van der Waals surface area contributed by atoms with Crippen molar-refractivity contribution >= 4 is 60.4 Å². The molecule has 0 saturated carbocycles. The Balaban J connectivity index is 0. The van der Waals surface area contributed by atoms with Crippen LogP contribution in [0.2, 0.25) is 0 Å². The maximum absolute atomic E-state index is 9.44. The molecule has 0 aromatic heterocycles. The van der Waals surface area contributed by atoms with Crippen molar-refractivity contribution < 1.29 is 4.79 Å². The van der Waals surface area contributed by atoms with Gasteiger partial charge in [0.1, 0.15) is 14.4 Å². The third-order valence-corrected chi connectivity index (χ3v) is 5.07. The highest BCUT2D eigenvalue weighted by Gasteiger charge is 2.04. The fourth-order valence-corrected chi connectivity index (χ4v) is 2.60. The third kappa shape index (κ3) is 14.1. The van der Waals surface area contributed by atoms with Crippen LogP contribution in [0.15, 0.2) is 0 Å². The first-order chi connectivity index (χ1) is 7.18. The van der Waals surface area contributed by atoms with Gasteiger partial charge in [-0.15, -0.1) is 0 Å². The molecule has 0 atom stereocenters. The number of rotatable bonds is 0. The molecular weight excluding hydrogens is 280 g/mol. The molecule has 0 aliphatic heterocycles. The van der Waals surface area contributed by atoms with Gasteiger partial charge in [0.15, 0.2) is 0 Å². The summed E-state index contributed by atoms with van der Waals surface area (Å²) in [5, 5.41) is 0. The van der Waals surface area contributed by atoms with E-state index in [1.807, 2.05) is 38.0 Å². The molecule has 0 amide bonds. The number of Topliss-reactive ketones (excluding diaryl/α,β-unsaturated/α-hetero) is 1. The van der Waals surface area contributed by atoms with E-state index in [4.69, 9.17) is 24.4 Å². The van der Waals surface area contributed by atoms with Crippen LogP contribution in [0.4, 0.5) is 0 Å².